The summed E-state index contributed by atoms with van der Waals surface area (Å²) in [5.74, 6) is 0.666. The fourth-order valence-electron chi connectivity index (χ4n) is 3.93. The Morgan fingerprint density at radius 2 is 1.97 bits per heavy atom. The predicted molar refractivity (Wildman–Crippen MR) is 140 cm³/mol. The van der Waals surface area contributed by atoms with Crippen molar-refractivity contribution in [2.75, 3.05) is 37.5 Å². The molecular formula is C24H28N8O4S. The number of anilines is 2. The number of para-hydroxylation sites is 1. The lowest BCUT2D eigenvalue weighted by molar-refractivity contribution is 0.0930. The summed E-state index contributed by atoms with van der Waals surface area (Å²) in [6, 6.07) is 10.2. The van der Waals surface area contributed by atoms with Crippen LogP contribution in [0, 0.1) is 11.3 Å². The molecule has 2 atom stereocenters. The first-order chi connectivity index (χ1) is 17.7. The molecule has 3 heterocycles. The zero-order chi connectivity index (χ0) is 26.6. The predicted octanol–water partition coefficient (Wildman–Crippen LogP) is 2.40. The molecule has 0 saturated carbocycles. The number of amides is 3. The molecule has 194 valence electrons. The summed E-state index contributed by atoms with van der Waals surface area (Å²) in [6.07, 6.45) is 0.788. The normalized spacial score (nSPS) is 18.7. The Hall–Kier alpha value is -4.05. The van der Waals surface area contributed by atoms with Crippen LogP contribution >= 0.6 is 11.8 Å². The molecule has 1 fully saturated rings. The third-order valence-electron chi connectivity index (χ3n) is 5.80. The van der Waals surface area contributed by atoms with E-state index in [0.717, 1.165) is 13.0 Å². The number of benzene rings is 1. The van der Waals surface area contributed by atoms with Crippen LogP contribution in [0.2, 0.25) is 0 Å². The molecule has 13 heteroatoms. The molecule has 37 heavy (non-hydrogen) atoms. The maximum atomic E-state index is 12.8. The number of amidine groups is 1. The second kappa shape index (κ2) is 10.9. The van der Waals surface area contributed by atoms with Crippen molar-refractivity contribution in [2.24, 2.45) is 4.99 Å². The van der Waals surface area contributed by atoms with Gasteiger partial charge in [-0.15, -0.1) is 0 Å². The van der Waals surface area contributed by atoms with Gasteiger partial charge < -0.3 is 25.0 Å². The first-order valence-corrected chi connectivity index (χ1v) is 12.5. The smallest absolute Gasteiger partial charge is 0.325 e. The summed E-state index contributed by atoms with van der Waals surface area (Å²) in [7, 11) is 3.05. The number of fused-ring (bicyclic) bond motifs is 1. The largest absolute Gasteiger partial charge is 0.481 e. The molecule has 2 unspecified atom stereocenters. The summed E-state index contributed by atoms with van der Waals surface area (Å²) in [5, 5.41) is 18.0. The maximum Gasteiger partial charge on any atom is 0.325 e. The van der Waals surface area contributed by atoms with Gasteiger partial charge in [0.2, 0.25) is 5.88 Å². The highest BCUT2D eigenvalue weighted by Gasteiger charge is 2.37. The van der Waals surface area contributed by atoms with Crippen LogP contribution in [0.3, 0.4) is 0 Å². The van der Waals surface area contributed by atoms with Crippen molar-refractivity contribution in [1.29, 1.82) is 5.26 Å². The maximum absolute atomic E-state index is 12.8. The van der Waals surface area contributed by atoms with Gasteiger partial charge in [0, 0.05) is 19.2 Å². The lowest BCUT2D eigenvalue weighted by atomic mass is 10.1. The van der Waals surface area contributed by atoms with Crippen LogP contribution in [0.5, 0.6) is 11.9 Å². The lowest BCUT2D eigenvalue weighted by Crippen LogP contribution is -2.43. The number of rotatable bonds is 6. The summed E-state index contributed by atoms with van der Waals surface area (Å²) in [5.41, 5.74) is -0.472. The third kappa shape index (κ3) is 6.21. The van der Waals surface area contributed by atoms with E-state index in [1.54, 1.807) is 51.3 Å². The number of aliphatic imine (C=N–C) groups is 1. The Kier molecular flexibility index (Phi) is 7.68. The number of hydrogen-bond donors (Lipinski definition) is 3. The van der Waals surface area contributed by atoms with Gasteiger partial charge in [0.05, 0.1) is 42.8 Å². The van der Waals surface area contributed by atoms with E-state index in [1.807, 2.05) is 6.07 Å². The molecule has 2 aromatic rings. The van der Waals surface area contributed by atoms with E-state index in [4.69, 9.17) is 9.47 Å². The monoisotopic (exact) mass is 524 g/mol. The number of nitriles is 1. The van der Waals surface area contributed by atoms with Gasteiger partial charge in [-0.25, -0.2) is 4.79 Å². The van der Waals surface area contributed by atoms with Gasteiger partial charge in [0.15, 0.2) is 5.17 Å². The number of thioether (sulfide) groups is 1. The number of carbonyl (C=O) groups excluding carboxylic acids is 2. The molecule has 0 aliphatic carbocycles. The number of methoxy groups -OCH3 is 2. The molecule has 2 aliphatic rings. The van der Waals surface area contributed by atoms with Crippen LogP contribution < -0.4 is 30.3 Å². The molecule has 1 aromatic heterocycles. The minimum absolute atomic E-state index is 0.0634. The fourth-order valence-corrected chi connectivity index (χ4v) is 5.18. The molecule has 3 amide bonds. The second-order valence-electron chi connectivity index (χ2n) is 8.96. The van der Waals surface area contributed by atoms with Crippen LogP contribution in [0.15, 0.2) is 35.3 Å². The third-order valence-corrected chi connectivity index (χ3v) is 7.00. The van der Waals surface area contributed by atoms with Crippen molar-refractivity contribution < 1.29 is 19.1 Å². The van der Waals surface area contributed by atoms with E-state index in [2.05, 4.69) is 35.8 Å². The van der Waals surface area contributed by atoms with Crippen LogP contribution in [0.1, 0.15) is 30.6 Å². The molecule has 1 aromatic carbocycles. The Morgan fingerprint density at radius 1 is 1.19 bits per heavy atom. The van der Waals surface area contributed by atoms with E-state index in [1.165, 1.54) is 18.9 Å². The number of urea groups is 1. The molecule has 0 spiro atoms. The van der Waals surface area contributed by atoms with E-state index in [0.29, 0.717) is 29.1 Å². The molecule has 2 aliphatic heterocycles. The standard InChI is InChI=1S/C24H28N8O4S/c1-24(2,13-25)31-20(33)14-7-5-6-8-15(14)26-21(34)30-23-27-16-9-10-32(12-17(16)37-23)18-11-19(35-3)29-22(28-18)36-4/h5-8,11,16-17H,9-10,12H2,1-4H3,(H,31,33)(H2,26,27,30,34). The van der Waals surface area contributed by atoms with Crippen LogP contribution in [-0.4, -0.2) is 71.2 Å². The van der Waals surface area contributed by atoms with Gasteiger partial charge in [0.1, 0.15) is 11.4 Å². The lowest BCUT2D eigenvalue weighted by Gasteiger charge is -2.34. The molecular weight excluding hydrogens is 496 g/mol. The Bertz CT molecular complexity index is 1240. The van der Waals surface area contributed by atoms with Gasteiger partial charge in [-0.1, -0.05) is 23.9 Å². The average Bonchev–Trinajstić information content (AvgIpc) is 3.29. The van der Waals surface area contributed by atoms with Crippen molar-refractivity contribution >= 4 is 40.4 Å². The van der Waals surface area contributed by atoms with Crippen LogP contribution in [0.4, 0.5) is 16.3 Å². The topological polar surface area (TPSA) is 154 Å². The fraction of sp³-hybridized carbons (Fsp3) is 0.417. The molecule has 1 saturated heterocycles. The SMILES string of the molecule is COc1cc(N2CCC3N=C(NC(=O)Nc4ccccc4C(=O)NC(C)(C)C#N)SC3C2)nc(OC)n1. The van der Waals surface area contributed by atoms with Crippen molar-refractivity contribution in [3.8, 4) is 18.0 Å². The number of ether oxygens (including phenoxy) is 2. The van der Waals surface area contributed by atoms with Gasteiger partial charge in [0.25, 0.3) is 5.91 Å². The minimum Gasteiger partial charge on any atom is -0.481 e. The zero-order valence-corrected chi connectivity index (χ0v) is 21.8. The van der Waals surface area contributed by atoms with Crippen molar-refractivity contribution in [1.82, 2.24) is 20.6 Å². The summed E-state index contributed by atoms with van der Waals surface area (Å²) in [4.78, 5) is 40.8. The average molecular weight is 525 g/mol. The van der Waals surface area contributed by atoms with Gasteiger partial charge >= 0.3 is 12.0 Å². The molecule has 0 radical (unpaired) electrons. The first-order valence-electron chi connectivity index (χ1n) is 11.6. The van der Waals surface area contributed by atoms with Crippen molar-refractivity contribution in [3.05, 3.63) is 35.9 Å². The Morgan fingerprint density at radius 3 is 2.70 bits per heavy atom. The first kappa shape index (κ1) is 26.0. The number of piperidine rings is 1. The van der Waals surface area contributed by atoms with E-state index in [9.17, 15) is 14.9 Å². The van der Waals surface area contributed by atoms with E-state index < -0.39 is 17.5 Å². The second-order valence-corrected chi connectivity index (χ2v) is 10.2. The highest BCUT2D eigenvalue weighted by Crippen LogP contribution is 2.34. The Labute approximate surface area is 218 Å². The van der Waals surface area contributed by atoms with Crippen molar-refractivity contribution in [3.63, 3.8) is 0 Å². The Balaban J connectivity index is 1.37. The molecule has 0 bridgehead atoms. The van der Waals surface area contributed by atoms with Crippen LogP contribution in [-0.2, 0) is 0 Å². The highest BCUT2D eigenvalue weighted by atomic mass is 32.2. The van der Waals surface area contributed by atoms with Crippen LogP contribution in [0.25, 0.3) is 0 Å². The van der Waals surface area contributed by atoms with Gasteiger partial charge in [-0.3, -0.25) is 15.1 Å². The summed E-state index contributed by atoms with van der Waals surface area (Å²) >= 11 is 1.49. The molecule has 3 N–H and O–H groups in total. The van der Waals surface area contributed by atoms with E-state index in [-0.39, 0.29) is 22.9 Å². The zero-order valence-electron chi connectivity index (χ0n) is 20.9. The minimum atomic E-state index is -1.05. The van der Waals surface area contributed by atoms with Gasteiger partial charge in [-0.2, -0.15) is 15.2 Å². The number of nitrogens with one attached hydrogen (secondary N) is 3. The van der Waals surface area contributed by atoms with Crippen molar-refractivity contribution in [2.45, 2.75) is 37.1 Å². The summed E-state index contributed by atoms with van der Waals surface area (Å²) in [6.45, 7) is 4.60. The summed E-state index contributed by atoms with van der Waals surface area (Å²) < 4.78 is 10.4. The number of aromatic nitrogens is 2. The quantitative estimate of drug-likeness (QED) is 0.517. The highest BCUT2D eigenvalue weighted by molar-refractivity contribution is 8.14. The number of carbonyl (C=O) groups is 2. The molecule has 12 nitrogen and oxygen atoms in total. The van der Waals surface area contributed by atoms with E-state index >= 15 is 0 Å². The molecule has 4 rings (SSSR count). The number of hydrogen-bond acceptors (Lipinski definition) is 10. The van der Waals surface area contributed by atoms with Gasteiger partial charge in [-0.05, 0) is 32.4 Å². The number of nitrogens with zero attached hydrogens (tertiary/aromatic N) is 5.